The quantitative estimate of drug-likeness (QED) is 0.688. The number of para-hydroxylation sites is 1. The van der Waals surface area contributed by atoms with Gasteiger partial charge >= 0.3 is 0 Å². The lowest BCUT2D eigenvalue weighted by molar-refractivity contribution is -0.385. The molecule has 1 aromatic heterocycles. The number of hydrogen-bond donors (Lipinski definition) is 1. The van der Waals surface area contributed by atoms with Crippen molar-refractivity contribution in [1.29, 1.82) is 0 Å². The van der Waals surface area contributed by atoms with Crippen LogP contribution in [-0.4, -0.2) is 10.0 Å². The molecule has 94 valence electrons. The summed E-state index contributed by atoms with van der Waals surface area (Å²) in [5.41, 5.74) is 0.590. The number of aliphatic hydroxyl groups is 1. The van der Waals surface area contributed by atoms with Crippen molar-refractivity contribution in [3.8, 4) is 0 Å². The van der Waals surface area contributed by atoms with Crippen LogP contribution in [0.2, 0.25) is 0 Å². The number of thiophene rings is 1. The number of aliphatic hydroxyl groups excluding tert-OH is 1. The third-order valence-electron chi connectivity index (χ3n) is 2.52. The summed E-state index contributed by atoms with van der Waals surface area (Å²) in [6.45, 7) is 0. The smallest absolute Gasteiger partial charge is 0.272 e. The molecule has 0 saturated carbocycles. The van der Waals surface area contributed by atoms with Crippen LogP contribution in [-0.2, 0) is 6.42 Å². The van der Waals surface area contributed by atoms with E-state index in [-0.39, 0.29) is 12.1 Å². The molecule has 1 aromatic carbocycles. The van der Waals surface area contributed by atoms with E-state index >= 15 is 0 Å². The third-order valence-corrected chi connectivity index (χ3v) is 4.25. The molecule has 0 radical (unpaired) electrons. The van der Waals surface area contributed by atoms with Crippen molar-refractivity contribution >= 4 is 33.0 Å². The van der Waals surface area contributed by atoms with Gasteiger partial charge in [-0.05, 0) is 28.1 Å². The van der Waals surface area contributed by atoms with Crippen LogP contribution in [0, 0.1) is 10.1 Å². The second-order valence-electron chi connectivity index (χ2n) is 3.75. The Hall–Kier alpha value is -1.24. The lowest BCUT2D eigenvalue weighted by Gasteiger charge is -2.08. The van der Waals surface area contributed by atoms with Gasteiger partial charge in [0.25, 0.3) is 5.69 Å². The number of nitrogens with zero attached hydrogens (tertiary/aromatic N) is 1. The van der Waals surface area contributed by atoms with Crippen LogP contribution < -0.4 is 0 Å². The Morgan fingerprint density at radius 1 is 1.33 bits per heavy atom. The minimum absolute atomic E-state index is 0.0483. The number of nitro groups is 1. The molecule has 1 atom stereocenters. The van der Waals surface area contributed by atoms with E-state index in [1.807, 2.05) is 12.1 Å². The number of rotatable bonds is 4. The van der Waals surface area contributed by atoms with Crippen LogP contribution in [0.3, 0.4) is 0 Å². The maximum absolute atomic E-state index is 10.9. The molecule has 1 heterocycles. The predicted molar refractivity (Wildman–Crippen MR) is 73.8 cm³/mol. The van der Waals surface area contributed by atoms with Gasteiger partial charge in [0, 0.05) is 22.9 Å². The lowest BCUT2D eigenvalue weighted by atomic mass is 10.1. The van der Waals surface area contributed by atoms with E-state index < -0.39 is 11.0 Å². The summed E-state index contributed by atoms with van der Waals surface area (Å²) in [4.78, 5) is 11.2. The second kappa shape index (κ2) is 5.60. The van der Waals surface area contributed by atoms with Gasteiger partial charge in [0.15, 0.2) is 0 Å². The standard InChI is InChI=1S/C12H10BrNO3S/c13-12-6-5-11(18-12)10(15)7-8-3-1-2-4-9(8)14(16)17/h1-6,10,15H,7H2. The number of hydrogen-bond acceptors (Lipinski definition) is 4. The van der Waals surface area contributed by atoms with Crippen molar-refractivity contribution in [1.82, 2.24) is 0 Å². The van der Waals surface area contributed by atoms with Crippen molar-refractivity contribution in [3.63, 3.8) is 0 Å². The summed E-state index contributed by atoms with van der Waals surface area (Å²) in [7, 11) is 0. The van der Waals surface area contributed by atoms with Crippen molar-refractivity contribution in [3.05, 3.63) is 60.7 Å². The van der Waals surface area contributed by atoms with E-state index in [1.165, 1.54) is 17.4 Å². The SMILES string of the molecule is O=[N+]([O-])c1ccccc1CC(O)c1ccc(Br)s1. The molecule has 2 aromatic rings. The van der Waals surface area contributed by atoms with Gasteiger partial charge in [0.1, 0.15) is 0 Å². The number of halogens is 1. The highest BCUT2D eigenvalue weighted by molar-refractivity contribution is 9.11. The fourth-order valence-electron chi connectivity index (χ4n) is 1.68. The first-order valence-electron chi connectivity index (χ1n) is 5.23. The Labute approximate surface area is 116 Å². The van der Waals surface area contributed by atoms with Crippen molar-refractivity contribution in [2.75, 3.05) is 0 Å². The summed E-state index contributed by atoms with van der Waals surface area (Å²) in [6.07, 6.45) is -0.480. The molecular weight excluding hydrogens is 318 g/mol. The maximum Gasteiger partial charge on any atom is 0.272 e. The predicted octanol–water partition coefficient (Wildman–Crippen LogP) is 3.69. The highest BCUT2D eigenvalue weighted by atomic mass is 79.9. The molecule has 1 unspecified atom stereocenters. The first-order valence-corrected chi connectivity index (χ1v) is 6.84. The van der Waals surface area contributed by atoms with E-state index in [2.05, 4.69) is 15.9 Å². The molecule has 0 amide bonds. The Bertz CT molecular complexity index is 570. The molecule has 0 bridgehead atoms. The van der Waals surface area contributed by atoms with Crippen LogP contribution >= 0.6 is 27.3 Å². The summed E-state index contributed by atoms with van der Waals surface area (Å²) in [5.74, 6) is 0. The maximum atomic E-state index is 10.9. The van der Waals surface area contributed by atoms with Crippen LogP contribution in [0.15, 0.2) is 40.2 Å². The van der Waals surface area contributed by atoms with E-state index in [4.69, 9.17) is 0 Å². The van der Waals surface area contributed by atoms with Crippen LogP contribution in [0.5, 0.6) is 0 Å². The fraction of sp³-hybridized carbons (Fsp3) is 0.167. The summed E-state index contributed by atoms with van der Waals surface area (Å²) >= 11 is 4.75. The molecular formula is C12H10BrNO3S. The molecule has 2 rings (SSSR count). The minimum Gasteiger partial charge on any atom is -0.387 e. The van der Waals surface area contributed by atoms with Crippen molar-refractivity contribution in [2.45, 2.75) is 12.5 Å². The lowest BCUT2D eigenvalue weighted by Crippen LogP contribution is -2.02. The molecule has 6 heteroatoms. The first kappa shape index (κ1) is 13.2. The Balaban J connectivity index is 2.21. The van der Waals surface area contributed by atoms with Gasteiger partial charge in [-0.25, -0.2) is 0 Å². The van der Waals surface area contributed by atoms with Crippen molar-refractivity contribution < 1.29 is 10.0 Å². The van der Waals surface area contributed by atoms with Gasteiger partial charge in [-0.1, -0.05) is 18.2 Å². The molecule has 0 aliphatic heterocycles. The molecule has 0 aliphatic rings. The normalized spacial score (nSPS) is 12.3. The highest BCUT2D eigenvalue weighted by Crippen LogP contribution is 2.31. The molecule has 1 N–H and O–H groups in total. The Morgan fingerprint density at radius 2 is 2.06 bits per heavy atom. The van der Waals surface area contributed by atoms with E-state index in [0.717, 1.165) is 8.66 Å². The van der Waals surface area contributed by atoms with Crippen LogP contribution in [0.25, 0.3) is 0 Å². The number of nitro benzene ring substituents is 1. The van der Waals surface area contributed by atoms with Gasteiger partial charge in [-0.2, -0.15) is 0 Å². The fourth-order valence-corrected chi connectivity index (χ4v) is 3.09. The summed E-state index contributed by atoms with van der Waals surface area (Å²) in [5, 5.41) is 20.9. The van der Waals surface area contributed by atoms with Gasteiger partial charge in [0.2, 0.25) is 0 Å². The monoisotopic (exact) mass is 327 g/mol. The molecule has 4 nitrogen and oxygen atoms in total. The van der Waals surface area contributed by atoms with E-state index in [9.17, 15) is 15.2 Å². The summed E-state index contributed by atoms with van der Waals surface area (Å²) in [6, 6.07) is 10.1. The molecule has 0 aliphatic carbocycles. The molecule has 0 spiro atoms. The average Bonchev–Trinajstić information content (AvgIpc) is 2.76. The summed E-state index contributed by atoms with van der Waals surface area (Å²) < 4.78 is 0.930. The van der Waals surface area contributed by atoms with Gasteiger partial charge in [-0.15, -0.1) is 11.3 Å². The van der Waals surface area contributed by atoms with Crippen molar-refractivity contribution in [2.24, 2.45) is 0 Å². The Kier molecular flexibility index (Phi) is 4.11. The van der Waals surface area contributed by atoms with Gasteiger partial charge in [-0.3, -0.25) is 10.1 Å². The van der Waals surface area contributed by atoms with Crippen LogP contribution in [0.1, 0.15) is 16.5 Å². The topological polar surface area (TPSA) is 63.4 Å². The molecule has 0 saturated heterocycles. The zero-order valence-corrected chi connectivity index (χ0v) is 11.6. The van der Waals surface area contributed by atoms with Gasteiger partial charge < -0.3 is 5.11 Å². The third kappa shape index (κ3) is 2.95. The Morgan fingerprint density at radius 3 is 2.67 bits per heavy atom. The van der Waals surface area contributed by atoms with E-state index in [1.54, 1.807) is 18.2 Å². The zero-order chi connectivity index (χ0) is 13.1. The zero-order valence-electron chi connectivity index (χ0n) is 9.25. The molecule has 0 fully saturated rings. The second-order valence-corrected chi connectivity index (χ2v) is 6.24. The van der Waals surface area contributed by atoms with E-state index in [0.29, 0.717) is 5.56 Å². The van der Waals surface area contributed by atoms with Crippen LogP contribution in [0.4, 0.5) is 5.69 Å². The minimum atomic E-state index is -0.720. The van der Waals surface area contributed by atoms with Gasteiger partial charge in [0.05, 0.1) is 14.8 Å². The molecule has 18 heavy (non-hydrogen) atoms. The highest BCUT2D eigenvalue weighted by Gasteiger charge is 2.18. The first-order chi connectivity index (χ1) is 8.58. The largest absolute Gasteiger partial charge is 0.387 e. The number of benzene rings is 1. The average molecular weight is 328 g/mol.